The molecule has 0 radical (unpaired) electrons. The summed E-state index contributed by atoms with van der Waals surface area (Å²) in [5.74, 6) is 0.305. The van der Waals surface area contributed by atoms with E-state index in [1.807, 2.05) is 53.1 Å². The average Bonchev–Trinajstić information content (AvgIpc) is 3.28. The number of nitrogens with one attached hydrogen (secondary N) is 1. The molecule has 0 saturated carbocycles. The number of hydrogen-bond acceptors (Lipinski definition) is 4. The second kappa shape index (κ2) is 7.52. The Bertz CT molecular complexity index is 1030. The van der Waals surface area contributed by atoms with Crippen LogP contribution in [0.5, 0.6) is 0 Å². The molecule has 27 heavy (non-hydrogen) atoms. The lowest BCUT2D eigenvalue weighted by Crippen LogP contribution is -2.29. The first-order chi connectivity index (χ1) is 13.2. The van der Waals surface area contributed by atoms with Crippen molar-refractivity contribution >= 4 is 44.5 Å². The number of aryl methyl sites for hydroxylation is 1. The lowest BCUT2D eigenvalue weighted by atomic mass is 10.0. The first-order valence-corrected chi connectivity index (χ1v) is 9.69. The number of halogens is 1. The first-order valence-electron chi connectivity index (χ1n) is 8.90. The zero-order valence-electron chi connectivity index (χ0n) is 14.9. The van der Waals surface area contributed by atoms with Crippen LogP contribution in [0.15, 0.2) is 58.2 Å². The zero-order chi connectivity index (χ0) is 18.8. The molecule has 0 bridgehead atoms. The van der Waals surface area contributed by atoms with Gasteiger partial charge in [-0.05, 0) is 30.7 Å². The quantitative estimate of drug-likeness (QED) is 0.659. The average molecular weight is 427 g/mol. The summed E-state index contributed by atoms with van der Waals surface area (Å²) in [5.41, 5.74) is 3.57. The molecular formula is C20H19BrN4O2. The minimum atomic E-state index is -0.658. The number of imidazole rings is 1. The number of carbonyl (C=O) groups is 1. The van der Waals surface area contributed by atoms with Gasteiger partial charge in [0, 0.05) is 23.0 Å². The van der Waals surface area contributed by atoms with Crippen LogP contribution in [0.1, 0.15) is 25.3 Å². The number of fused-ring (bicyclic) bond motifs is 1. The van der Waals surface area contributed by atoms with E-state index in [0.29, 0.717) is 12.4 Å². The maximum atomic E-state index is 12.7. The van der Waals surface area contributed by atoms with E-state index in [2.05, 4.69) is 38.3 Å². The van der Waals surface area contributed by atoms with Crippen molar-refractivity contribution in [1.29, 1.82) is 0 Å². The highest BCUT2D eigenvalue weighted by molar-refractivity contribution is 9.10. The maximum absolute atomic E-state index is 12.7. The maximum Gasteiger partial charge on any atom is 0.271 e. The molecule has 1 aliphatic rings. The topological polar surface area (TPSA) is 68.5 Å². The van der Waals surface area contributed by atoms with Gasteiger partial charge in [-0.2, -0.15) is 0 Å². The van der Waals surface area contributed by atoms with Gasteiger partial charge in [0.2, 0.25) is 12.1 Å². The van der Waals surface area contributed by atoms with Crippen molar-refractivity contribution in [3.8, 4) is 0 Å². The third kappa shape index (κ3) is 3.60. The van der Waals surface area contributed by atoms with E-state index >= 15 is 0 Å². The molecule has 6 nitrogen and oxygen atoms in total. The number of nitrogens with zero attached hydrogens (tertiary/aromatic N) is 3. The fourth-order valence-corrected chi connectivity index (χ4v) is 3.57. The predicted molar refractivity (Wildman–Crippen MR) is 109 cm³/mol. The van der Waals surface area contributed by atoms with Crippen LogP contribution in [-0.2, 0) is 16.2 Å². The van der Waals surface area contributed by atoms with Gasteiger partial charge in [0.1, 0.15) is 0 Å². The minimum Gasteiger partial charge on any atom is -0.382 e. The van der Waals surface area contributed by atoms with Crippen molar-refractivity contribution in [2.45, 2.75) is 32.4 Å². The number of rotatable bonds is 5. The summed E-state index contributed by atoms with van der Waals surface area (Å²) in [6.07, 6.45) is 0.712. The Kier molecular flexibility index (Phi) is 4.94. The normalized spacial score (nSPS) is 16.2. The highest BCUT2D eigenvalue weighted by Gasteiger charge is 2.30. The molecule has 1 aliphatic heterocycles. The van der Waals surface area contributed by atoms with Crippen LogP contribution >= 0.6 is 15.9 Å². The van der Waals surface area contributed by atoms with Gasteiger partial charge < -0.3 is 9.40 Å². The van der Waals surface area contributed by atoms with E-state index in [1.165, 1.54) is 0 Å². The van der Waals surface area contributed by atoms with Crippen LogP contribution in [-0.4, -0.2) is 27.3 Å². The number of benzene rings is 2. The number of amides is 1. The van der Waals surface area contributed by atoms with Crippen molar-refractivity contribution in [3.05, 3.63) is 58.6 Å². The van der Waals surface area contributed by atoms with Crippen molar-refractivity contribution < 1.29 is 9.63 Å². The van der Waals surface area contributed by atoms with E-state index in [1.54, 1.807) is 0 Å². The van der Waals surface area contributed by atoms with Gasteiger partial charge in [-0.15, -0.1) is 0 Å². The van der Waals surface area contributed by atoms with E-state index in [4.69, 9.17) is 4.84 Å². The minimum absolute atomic E-state index is 0.239. The summed E-state index contributed by atoms with van der Waals surface area (Å²) < 4.78 is 2.99. The van der Waals surface area contributed by atoms with Gasteiger partial charge in [-0.25, -0.2) is 4.98 Å². The third-order valence-corrected chi connectivity index (χ3v) is 4.95. The molecule has 138 valence electrons. The standard InChI is InChI=1S/C20H19BrN4O2/c1-2-10-25-17-9-4-3-8-15(17)22-20(25)23-19(26)18-12-16(24-27-18)13-6-5-7-14(21)11-13/h3-9,11,18H,2,10,12H2,1H3,(H,22,23,26). The van der Waals surface area contributed by atoms with E-state index in [-0.39, 0.29) is 5.91 Å². The van der Waals surface area contributed by atoms with E-state index in [0.717, 1.165) is 39.7 Å². The second-order valence-corrected chi connectivity index (χ2v) is 7.33. The third-order valence-electron chi connectivity index (χ3n) is 4.46. The fourth-order valence-electron chi connectivity index (χ4n) is 3.17. The molecule has 0 saturated heterocycles. The lowest BCUT2D eigenvalue weighted by Gasteiger charge is -2.11. The number of hydrogen-bond donors (Lipinski definition) is 1. The van der Waals surface area contributed by atoms with Crippen molar-refractivity contribution in [3.63, 3.8) is 0 Å². The Morgan fingerprint density at radius 1 is 1.30 bits per heavy atom. The Labute approximate surface area is 165 Å². The van der Waals surface area contributed by atoms with Crippen LogP contribution in [0.4, 0.5) is 5.95 Å². The van der Waals surface area contributed by atoms with Crippen LogP contribution < -0.4 is 5.32 Å². The van der Waals surface area contributed by atoms with E-state index in [9.17, 15) is 4.79 Å². The second-order valence-electron chi connectivity index (χ2n) is 6.41. The van der Waals surface area contributed by atoms with Gasteiger partial charge in [0.25, 0.3) is 5.91 Å². The summed E-state index contributed by atoms with van der Waals surface area (Å²) in [7, 11) is 0. The smallest absolute Gasteiger partial charge is 0.271 e. The van der Waals surface area contributed by atoms with Gasteiger partial charge in [0.15, 0.2) is 0 Å². The molecule has 0 spiro atoms. The molecule has 4 rings (SSSR count). The van der Waals surface area contributed by atoms with Gasteiger partial charge in [-0.3, -0.25) is 10.1 Å². The first kappa shape index (κ1) is 17.7. The highest BCUT2D eigenvalue weighted by atomic mass is 79.9. The molecule has 1 atom stereocenters. The predicted octanol–water partition coefficient (Wildman–Crippen LogP) is 4.34. The summed E-state index contributed by atoms with van der Waals surface area (Å²) in [4.78, 5) is 22.7. The molecule has 1 amide bonds. The summed E-state index contributed by atoms with van der Waals surface area (Å²) >= 11 is 3.45. The molecule has 1 aromatic heterocycles. The van der Waals surface area contributed by atoms with Crippen LogP contribution in [0.2, 0.25) is 0 Å². The fraction of sp³-hybridized carbons (Fsp3) is 0.250. The molecule has 7 heteroatoms. The molecule has 2 aromatic carbocycles. The monoisotopic (exact) mass is 426 g/mol. The SMILES string of the molecule is CCCn1c(NC(=O)C2CC(c3cccc(Br)c3)=NO2)nc2ccccc21. The van der Waals surface area contributed by atoms with Gasteiger partial charge in [0.05, 0.1) is 16.7 Å². The molecule has 1 N–H and O–H groups in total. The van der Waals surface area contributed by atoms with Crippen molar-refractivity contribution in [2.75, 3.05) is 5.32 Å². The number of carbonyl (C=O) groups excluding carboxylic acids is 1. The van der Waals surface area contributed by atoms with Crippen molar-refractivity contribution in [2.24, 2.45) is 5.16 Å². The molecule has 0 aliphatic carbocycles. The molecule has 1 unspecified atom stereocenters. The molecular weight excluding hydrogens is 408 g/mol. The highest BCUT2D eigenvalue weighted by Crippen LogP contribution is 2.23. The molecule has 2 heterocycles. The largest absolute Gasteiger partial charge is 0.382 e. The number of oxime groups is 1. The summed E-state index contributed by atoms with van der Waals surface area (Å²) in [5, 5.41) is 7.02. The van der Waals surface area contributed by atoms with Gasteiger partial charge >= 0.3 is 0 Å². The Morgan fingerprint density at radius 2 is 2.15 bits per heavy atom. The number of para-hydroxylation sites is 2. The number of anilines is 1. The molecule has 3 aromatic rings. The Morgan fingerprint density at radius 3 is 2.96 bits per heavy atom. The molecule has 0 fully saturated rings. The Balaban J connectivity index is 1.50. The summed E-state index contributed by atoms with van der Waals surface area (Å²) in [6, 6.07) is 15.7. The van der Waals surface area contributed by atoms with Crippen LogP contribution in [0.25, 0.3) is 11.0 Å². The van der Waals surface area contributed by atoms with Crippen LogP contribution in [0.3, 0.4) is 0 Å². The van der Waals surface area contributed by atoms with Gasteiger partial charge in [-0.1, -0.05) is 52.3 Å². The van der Waals surface area contributed by atoms with E-state index < -0.39 is 6.10 Å². The number of aromatic nitrogens is 2. The Hall–Kier alpha value is -2.67. The zero-order valence-corrected chi connectivity index (χ0v) is 16.4. The lowest BCUT2D eigenvalue weighted by molar-refractivity contribution is -0.125. The van der Waals surface area contributed by atoms with Crippen molar-refractivity contribution in [1.82, 2.24) is 9.55 Å². The van der Waals surface area contributed by atoms with Crippen LogP contribution in [0, 0.1) is 0 Å². The summed E-state index contributed by atoms with van der Waals surface area (Å²) in [6.45, 7) is 2.88.